The molecular weight excluding hydrogens is 213 g/mol. The molecule has 1 aliphatic rings. The largest absolute Gasteiger partial charge is 0.316 e. The summed E-state index contributed by atoms with van der Waals surface area (Å²) < 4.78 is 14.7. The van der Waals surface area contributed by atoms with Crippen molar-refractivity contribution in [2.45, 2.75) is 19.0 Å². The Kier molecular flexibility index (Phi) is 2.98. The summed E-state index contributed by atoms with van der Waals surface area (Å²) in [5.41, 5.74) is -0.720. The van der Waals surface area contributed by atoms with Crippen molar-refractivity contribution in [2.75, 3.05) is 13.1 Å². The zero-order valence-electron chi connectivity index (χ0n) is 8.76. The van der Waals surface area contributed by atoms with E-state index in [9.17, 15) is 4.39 Å². The SMILES string of the molecule is CC(F)(c1ccccc1Cl)C1CCNC1. The summed E-state index contributed by atoms with van der Waals surface area (Å²) in [5, 5.41) is 3.71. The molecule has 1 nitrogen and oxygen atoms in total. The number of hydrogen-bond donors (Lipinski definition) is 1. The van der Waals surface area contributed by atoms with E-state index < -0.39 is 5.67 Å². The maximum absolute atomic E-state index is 14.7. The van der Waals surface area contributed by atoms with Crippen molar-refractivity contribution in [3.05, 3.63) is 34.9 Å². The first-order valence-electron chi connectivity index (χ1n) is 5.27. The minimum atomic E-state index is -1.33. The Bertz CT molecular complexity index is 345. The van der Waals surface area contributed by atoms with Gasteiger partial charge in [0.15, 0.2) is 0 Å². The Morgan fingerprint density at radius 3 is 2.80 bits per heavy atom. The quantitative estimate of drug-likeness (QED) is 0.819. The zero-order valence-corrected chi connectivity index (χ0v) is 9.52. The lowest BCUT2D eigenvalue weighted by molar-refractivity contribution is 0.112. The fourth-order valence-electron chi connectivity index (χ4n) is 2.19. The van der Waals surface area contributed by atoms with Crippen LogP contribution in [0.25, 0.3) is 0 Å². The lowest BCUT2D eigenvalue weighted by Crippen LogP contribution is -2.29. The number of alkyl halides is 1. The van der Waals surface area contributed by atoms with Gasteiger partial charge in [-0.25, -0.2) is 4.39 Å². The highest BCUT2D eigenvalue weighted by atomic mass is 35.5. The van der Waals surface area contributed by atoms with Crippen LogP contribution in [0.15, 0.2) is 24.3 Å². The summed E-state index contributed by atoms with van der Waals surface area (Å²) in [5.74, 6) is 0.0254. The first-order chi connectivity index (χ1) is 7.12. The molecule has 1 heterocycles. The maximum Gasteiger partial charge on any atom is 0.138 e. The Hall–Kier alpha value is -0.600. The summed E-state index contributed by atoms with van der Waals surface area (Å²) in [7, 11) is 0. The van der Waals surface area contributed by atoms with Crippen molar-refractivity contribution in [1.82, 2.24) is 5.32 Å². The lowest BCUT2D eigenvalue weighted by Gasteiger charge is -2.28. The van der Waals surface area contributed by atoms with Crippen LogP contribution < -0.4 is 5.32 Å². The molecule has 3 heteroatoms. The molecule has 2 unspecified atom stereocenters. The van der Waals surface area contributed by atoms with Gasteiger partial charge in [-0.2, -0.15) is 0 Å². The topological polar surface area (TPSA) is 12.0 Å². The molecule has 0 amide bonds. The minimum absolute atomic E-state index is 0.0254. The van der Waals surface area contributed by atoms with E-state index in [1.54, 1.807) is 19.1 Å². The molecule has 1 saturated heterocycles. The third-order valence-electron chi connectivity index (χ3n) is 3.23. The maximum atomic E-state index is 14.7. The molecule has 0 radical (unpaired) electrons. The lowest BCUT2D eigenvalue weighted by atomic mass is 9.84. The van der Waals surface area contributed by atoms with Crippen LogP contribution in [0.2, 0.25) is 5.02 Å². The van der Waals surface area contributed by atoms with E-state index in [4.69, 9.17) is 11.6 Å². The number of halogens is 2. The van der Waals surface area contributed by atoms with Gasteiger partial charge in [-0.15, -0.1) is 0 Å². The van der Waals surface area contributed by atoms with E-state index in [0.29, 0.717) is 10.6 Å². The average Bonchev–Trinajstić information content (AvgIpc) is 2.71. The second-order valence-corrected chi connectivity index (χ2v) is 4.65. The molecule has 0 aliphatic carbocycles. The summed E-state index contributed by atoms with van der Waals surface area (Å²) in [6.07, 6.45) is 0.873. The minimum Gasteiger partial charge on any atom is -0.316 e. The van der Waals surface area contributed by atoms with Gasteiger partial charge in [0, 0.05) is 23.0 Å². The Morgan fingerprint density at radius 2 is 2.20 bits per heavy atom. The predicted molar refractivity (Wildman–Crippen MR) is 60.9 cm³/mol. The van der Waals surface area contributed by atoms with Gasteiger partial charge in [-0.1, -0.05) is 29.8 Å². The predicted octanol–water partition coefficient (Wildman–Crippen LogP) is 3.13. The number of nitrogens with one attached hydrogen (secondary N) is 1. The van der Waals surface area contributed by atoms with Gasteiger partial charge in [-0.05, 0) is 26.0 Å². The molecule has 1 N–H and O–H groups in total. The van der Waals surface area contributed by atoms with Crippen LogP contribution >= 0.6 is 11.6 Å². The summed E-state index contributed by atoms with van der Waals surface area (Å²) in [4.78, 5) is 0. The second kappa shape index (κ2) is 4.11. The molecular formula is C12H15ClFN. The van der Waals surface area contributed by atoms with E-state index >= 15 is 0 Å². The van der Waals surface area contributed by atoms with Crippen LogP contribution in [0.4, 0.5) is 4.39 Å². The van der Waals surface area contributed by atoms with Crippen molar-refractivity contribution in [2.24, 2.45) is 5.92 Å². The normalized spacial score (nSPS) is 25.1. The second-order valence-electron chi connectivity index (χ2n) is 4.25. The summed E-state index contributed by atoms with van der Waals surface area (Å²) in [6.45, 7) is 3.26. The van der Waals surface area contributed by atoms with Gasteiger partial charge in [0.2, 0.25) is 0 Å². The number of rotatable bonds is 2. The van der Waals surface area contributed by atoms with Crippen molar-refractivity contribution < 1.29 is 4.39 Å². The Labute approximate surface area is 94.6 Å². The molecule has 0 spiro atoms. The molecule has 82 valence electrons. The van der Waals surface area contributed by atoms with Gasteiger partial charge >= 0.3 is 0 Å². The molecule has 2 atom stereocenters. The molecule has 1 aromatic carbocycles. The smallest absolute Gasteiger partial charge is 0.138 e. The molecule has 0 saturated carbocycles. The van der Waals surface area contributed by atoms with Gasteiger partial charge < -0.3 is 5.32 Å². The van der Waals surface area contributed by atoms with E-state index in [-0.39, 0.29) is 5.92 Å². The van der Waals surface area contributed by atoms with Crippen LogP contribution in [0, 0.1) is 5.92 Å². The summed E-state index contributed by atoms with van der Waals surface area (Å²) in [6, 6.07) is 7.19. The Balaban J connectivity index is 2.31. The molecule has 1 fully saturated rings. The fourth-order valence-corrected chi connectivity index (χ4v) is 2.52. The van der Waals surface area contributed by atoms with Gasteiger partial charge in [0.1, 0.15) is 5.67 Å². The van der Waals surface area contributed by atoms with Crippen molar-refractivity contribution in [1.29, 1.82) is 0 Å². The van der Waals surface area contributed by atoms with E-state index in [2.05, 4.69) is 5.32 Å². The van der Waals surface area contributed by atoms with Gasteiger partial charge in [0.05, 0.1) is 0 Å². The van der Waals surface area contributed by atoms with Crippen LogP contribution in [-0.2, 0) is 5.67 Å². The molecule has 1 aliphatic heterocycles. The number of benzene rings is 1. The third-order valence-corrected chi connectivity index (χ3v) is 3.56. The standard InChI is InChI=1S/C12H15ClFN/c1-12(14,9-6-7-15-8-9)10-4-2-3-5-11(10)13/h2-5,9,15H,6-8H2,1H3. The van der Waals surface area contributed by atoms with Gasteiger partial charge in [-0.3, -0.25) is 0 Å². The third kappa shape index (κ3) is 2.01. The van der Waals surface area contributed by atoms with Crippen molar-refractivity contribution in [3.8, 4) is 0 Å². The van der Waals surface area contributed by atoms with E-state index in [1.807, 2.05) is 12.1 Å². The molecule has 2 rings (SSSR count). The van der Waals surface area contributed by atoms with E-state index in [0.717, 1.165) is 19.5 Å². The molecule has 0 bridgehead atoms. The highest BCUT2D eigenvalue weighted by molar-refractivity contribution is 6.31. The highest BCUT2D eigenvalue weighted by Gasteiger charge is 2.38. The van der Waals surface area contributed by atoms with Crippen molar-refractivity contribution in [3.63, 3.8) is 0 Å². The molecule has 0 aromatic heterocycles. The van der Waals surface area contributed by atoms with Crippen LogP contribution in [0.3, 0.4) is 0 Å². The van der Waals surface area contributed by atoms with E-state index in [1.165, 1.54) is 0 Å². The average molecular weight is 228 g/mol. The monoisotopic (exact) mass is 227 g/mol. The summed E-state index contributed by atoms with van der Waals surface area (Å²) >= 11 is 6.03. The van der Waals surface area contributed by atoms with Crippen LogP contribution in [0.1, 0.15) is 18.9 Å². The first kappa shape index (κ1) is 10.9. The fraction of sp³-hybridized carbons (Fsp3) is 0.500. The van der Waals surface area contributed by atoms with Crippen molar-refractivity contribution >= 4 is 11.6 Å². The zero-order chi connectivity index (χ0) is 10.9. The molecule has 1 aromatic rings. The van der Waals surface area contributed by atoms with Crippen LogP contribution in [-0.4, -0.2) is 13.1 Å². The number of hydrogen-bond acceptors (Lipinski definition) is 1. The molecule has 15 heavy (non-hydrogen) atoms. The first-order valence-corrected chi connectivity index (χ1v) is 5.65. The van der Waals surface area contributed by atoms with Crippen LogP contribution in [0.5, 0.6) is 0 Å². The highest BCUT2D eigenvalue weighted by Crippen LogP contribution is 2.40. The Morgan fingerprint density at radius 1 is 1.47 bits per heavy atom. The van der Waals surface area contributed by atoms with Gasteiger partial charge in [0.25, 0.3) is 0 Å².